The first-order valence-electron chi connectivity index (χ1n) is 5.78. The summed E-state index contributed by atoms with van der Waals surface area (Å²) in [6.45, 7) is 1.77. The molecule has 4 N–H and O–H groups in total. The third-order valence-corrected chi connectivity index (χ3v) is 2.86. The highest BCUT2D eigenvalue weighted by Gasteiger charge is 2.03. The summed E-state index contributed by atoms with van der Waals surface area (Å²) >= 11 is 0. The molecule has 2 heterocycles. The molecule has 7 nitrogen and oxygen atoms in total. The van der Waals surface area contributed by atoms with Crippen LogP contribution in [0.5, 0.6) is 0 Å². The number of hydrogen-bond acceptors (Lipinski definition) is 5. The monoisotopic (exact) mass is 255 g/mol. The number of fused-ring (bicyclic) bond motifs is 1. The lowest BCUT2D eigenvalue weighted by atomic mass is 10.2. The molecule has 7 heteroatoms. The van der Waals surface area contributed by atoms with Gasteiger partial charge in [-0.1, -0.05) is 18.2 Å². The standard InChI is InChI=1S/C12H13N7/c1-8-16-18-12(19(8)13)17-15-7-9-6-14-11-5-3-2-4-10(9)11/h2-7,14H,13H2,1H3,(H,17,18)/b15-7+. The summed E-state index contributed by atoms with van der Waals surface area (Å²) in [6.07, 6.45) is 3.61. The number of aryl methyl sites for hydroxylation is 1. The molecule has 0 aliphatic heterocycles. The number of nitrogen functional groups attached to an aromatic ring is 1. The number of aromatic nitrogens is 4. The van der Waals surface area contributed by atoms with E-state index in [0.29, 0.717) is 11.8 Å². The maximum Gasteiger partial charge on any atom is 0.263 e. The Hall–Kier alpha value is -2.83. The number of H-pyrrole nitrogens is 1. The molecule has 2 aromatic heterocycles. The van der Waals surface area contributed by atoms with Gasteiger partial charge in [0, 0.05) is 22.7 Å². The van der Waals surface area contributed by atoms with Gasteiger partial charge in [0.1, 0.15) is 0 Å². The molecular weight excluding hydrogens is 242 g/mol. The lowest BCUT2D eigenvalue weighted by Crippen LogP contribution is -2.13. The molecule has 0 aliphatic rings. The number of nitrogens with one attached hydrogen (secondary N) is 2. The van der Waals surface area contributed by atoms with Crippen molar-refractivity contribution in [2.75, 3.05) is 11.3 Å². The zero-order chi connectivity index (χ0) is 13.2. The molecule has 0 amide bonds. The second-order valence-electron chi connectivity index (χ2n) is 4.10. The summed E-state index contributed by atoms with van der Waals surface area (Å²) in [5.41, 5.74) is 4.82. The third kappa shape index (κ3) is 2.01. The summed E-state index contributed by atoms with van der Waals surface area (Å²) in [4.78, 5) is 3.18. The molecular formula is C12H13N7. The van der Waals surface area contributed by atoms with Crippen LogP contribution in [0.1, 0.15) is 11.4 Å². The fourth-order valence-electron chi connectivity index (χ4n) is 1.81. The van der Waals surface area contributed by atoms with Crippen molar-refractivity contribution in [1.29, 1.82) is 0 Å². The number of aromatic amines is 1. The van der Waals surface area contributed by atoms with Gasteiger partial charge in [-0.15, -0.1) is 10.2 Å². The first kappa shape index (κ1) is 11.3. The smallest absolute Gasteiger partial charge is 0.263 e. The van der Waals surface area contributed by atoms with E-state index in [0.717, 1.165) is 16.5 Å². The van der Waals surface area contributed by atoms with Crippen molar-refractivity contribution < 1.29 is 0 Å². The van der Waals surface area contributed by atoms with E-state index in [1.165, 1.54) is 4.68 Å². The quantitative estimate of drug-likeness (QED) is 0.372. The van der Waals surface area contributed by atoms with Crippen molar-refractivity contribution in [1.82, 2.24) is 19.9 Å². The average Bonchev–Trinajstić information content (AvgIpc) is 2.97. The van der Waals surface area contributed by atoms with Crippen LogP contribution < -0.4 is 11.3 Å². The number of hydrazone groups is 1. The lowest BCUT2D eigenvalue weighted by Gasteiger charge is -1.98. The van der Waals surface area contributed by atoms with E-state index in [4.69, 9.17) is 5.84 Å². The second-order valence-corrected chi connectivity index (χ2v) is 4.10. The van der Waals surface area contributed by atoms with E-state index in [1.54, 1.807) is 13.1 Å². The summed E-state index contributed by atoms with van der Waals surface area (Å²) in [6, 6.07) is 8.02. The van der Waals surface area contributed by atoms with E-state index in [9.17, 15) is 0 Å². The average molecular weight is 255 g/mol. The van der Waals surface area contributed by atoms with Gasteiger partial charge in [-0.2, -0.15) is 5.10 Å². The molecule has 3 aromatic rings. The van der Waals surface area contributed by atoms with E-state index in [-0.39, 0.29) is 0 Å². The molecule has 0 bridgehead atoms. The van der Waals surface area contributed by atoms with Gasteiger partial charge in [0.05, 0.1) is 6.21 Å². The maximum atomic E-state index is 5.70. The molecule has 0 fully saturated rings. The van der Waals surface area contributed by atoms with Gasteiger partial charge in [0.15, 0.2) is 5.82 Å². The summed E-state index contributed by atoms with van der Waals surface area (Å²) in [5.74, 6) is 6.71. The number of benzene rings is 1. The van der Waals surface area contributed by atoms with Crippen molar-refractivity contribution in [3.8, 4) is 0 Å². The zero-order valence-electron chi connectivity index (χ0n) is 10.3. The molecule has 0 saturated heterocycles. The van der Waals surface area contributed by atoms with Crippen LogP contribution in [0.3, 0.4) is 0 Å². The maximum absolute atomic E-state index is 5.70. The van der Waals surface area contributed by atoms with Gasteiger partial charge in [-0.25, -0.2) is 10.1 Å². The Labute approximate surface area is 109 Å². The van der Waals surface area contributed by atoms with Crippen molar-refractivity contribution in [2.24, 2.45) is 5.10 Å². The van der Waals surface area contributed by atoms with Crippen molar-refractivity contribution >= 4 is 23.1 Å². The van der Waals surface area contributed by atoms with Crippen LogP contribution in [0.25, 0.3) is 10.9 Å². The van der Waals surface area contributed by atoms with Gasteiger partial charge >= 0.3 is 0 Å². The Kier molecular flexibility index (Phi) is 2.64. The largest absolute Gasteiger partial charge is 0.361 e. The van der Waals surface area contributed by atoms with Crippen LogP contribution >= 0.6 is 0 Å². The van der Waals surface area contributed by atoms with Crippen LogP contribution in [0.2, 0.25) is 0 Å². The predicted octanol–water partition coefficient (Wildman–Crippen LogP) is 1.23. The van der Waals surface area contributed by atoms with Crippen molar-refractivity contribution in [3.63, 3.8) is 0 Å². The van der Waals surface area contributed by atoms with Gasteiger partial charge in [-0.3, -0.25) is 0 Å². The predicted molar refractivity (Wildman–Crippen MR) is 74.4 cm³/mol. The van der Waals surface area contributed by atoms with Crippen molar-refractivity contribution in [3.05, 3.63) is 41.9 Å². The van der Waals surface area contributed by atoms with E-state index >= 15 is 0 Å². The minimum atomic E-state index is 0.397. The Balaban J connectivity index is 1.81. The Morgan fingerprint density at radius 3 is 3.00 bits per heavy atom. The van der Waals surface area contributed by atoms with Crippen molar-refractivity contribution in [2.45, 2.75) is 6.92 Å². The summed E-state index contributed by atoms with van der Waals surface area (Å²) in [5, 5.41) is 12.9. The van der Waals surface area contributed by atoms with Crippen LogP contribution in [0.15, 0.2) is 35.6 Å². The lowest BCUT2D eigenvalue weighted by molar-refractivity contribution is 0.926. The number of anilines is 1. The SMILES string of the molecule is Cc1nnc(N/N=C/c2c[nH]c3ccccc23)n1N. The summed E-state index contributed by atoms with van der Waals surface area (Å²) < 4.78 is 1.34. The number of hydrogen-bond donors (Lipinski definition) is 3. The molecule has 1 aromatic carbocycles. The fraction of sp³-hybridized carbons (Fsp3) is 0.0833. The molecule has 0 aliphatic carbocycles. The summed E-state index contributed by atoms with van der Waals surface area (Å²) in [7, 11) is 0. The molecule has 0 saturated carbocycles. The van der Waals surface area contributed by atoms with Gasteiger partial charge in [0.25, 0.3) is 5.95 Å². The van der Waals surface area contributed by atoms with Crippen LogP contribution in [0, 0.1) is 6.92 Å². The van der Waals surface area contributed by atoms with E-state index in [2.05, 4.69) is 25.7 Å². The van der Waals surface area contributed by atoms with Crippen LogP contribution in [-0.4, -0.2) is 26.1 Å². The first-order valence-corrected chi connectivity index (χ1v) is 5.78. The van der Waals surface area contributed by atoms with E-state index < -0.39 is 0 Å². The van der Waals surface area contributed by atoms with Gasteiger partial charge < -0.3 is 10.8 Å². The first-order chi connectivity index (χ1) is 9.25. The number of rotatable bonds is 3. The highest BCUT2D eigenvalue weighted by molar-refractivity contribution is 5.99. The Bertz CT molecular complexity index is 737. The Morgan fingerprint density at radius 1 is 1.37 bits per heavy atom. The topological polar surface area (TPSA) is 96.9 Å². The van der Waals surface area contributed by atoms with Gasteiger partial charge in [0.2, 0.25) is 0 Å². The normalized spacial score (nSPS) is 11.4. The fourth-order valence-corrected chi connectivity index (χ4v) is 1.81. The zero-order valence-corrected chi connectivity index (χ0v) is 10.3. The number of para-hydroxylation sites is 1. The number of nitrogens with zero attached hydrogens (tertiary/aromatic N) is 4. The Morgan fingerprint density at radius 2 is 2.21 bits per heavy atom. The minimum Gasteiger partial charge on any atom is -0.361 e. The third-order valence-electron chi connectivity index (χ3n) is 2.86. The molecule has 0 atom stereocenters. The molecule has 96 valence electrons. The minimum absolute atomic E-state index is 0.397. The van der Waals surface area contributed by atoms with Crippen LogP contribution in [-0.2, 0) is 0 Å². The van der Waals surface area contributed by atoms with Crippen LogP contribution in [0.4, 0.5) is 5.95 Å². The highest BCUT2D eigenvalue weighted by Crippen LogP contribution is 2.15. The molecule has 3 rings (SSSR count). The number of nitrogens with two attached hydrogens (primary N) is 1. The van der Waals surface area contributed by atoms with Gasteiger partial charge in [-0.05, 0) is 13.0 Å². The molecule has 0 spiro atoms. The second kappa shape index (κ2) is 4.45. The molecule has 19 heavy (non-hydrogen) atoms. The van der Waals surface area contributed by atoms with E-state index in [1.807, 2.05) is 30.5 Å². The molecule has 0 radical (unpaired) electrons. The highest BCUT2D eigenvalue weighted by atomic mass is 15.5. The molecule has 0 unspecified atom stereocenters.